The van der Waals surface area contributed by atoms with E-state index in [4.69, 9.17) is 0 Å². The van der Waals surface area contributed by atoms with Crippen LogP contribution in [0.25, 0.3) is 0 Å². The van der Waals surface area contributed by atoms with Crippen LogP contribution in [-0.4, -0.2) is 11.1 Å². The molecule has 6 heteroatoms. The first-order valence-electron chi connectivity index (χ1n) is 7.23. The summed E-state index contributed by atoms with van der Waals surface area (Å²) in [5.41, 5.74) is -1.04. The first-order chi connectivity index (χ1) is 10.1. The summed E-state index contributed by atoms with van der Waals surface area (Å²) in [5.74, 6) is -1.01. The Hall–Kier alpha value is -1.04. The predicted octanol–water partition coefficient (Wildman–Crippen LogP) is 5.29. The molecule has 0 aliphatic heterocycles. The largest absolute Gasteiger partial charge is 0.481 e. The fourth-order valence-corrected chi connectivity index (χ4v) is 3.60. The van der Waals surface area contributed by atoms with Crippen molar-refractivity contribution in [3.8, 4) is 0 Å². The van der Waals surface area contributed by atoms with Gasteiger partial charge in [0.05, 0.1) is 11.0 Å². The van der Waals surface area contributed by atoms with Crippen molar-refractivity contribution in [1.82, 2.24) is 0 Å². The second-order valence-corrected chi connectivity index (χ2v) is 7.03. The molecular formula is C16H18BrF3O2. The Morgan fingerprint density at radius 2 is 2.09 bits per heavy atom. The summed E-state index contributed by atoms with van der Waals surface area (Å²) in [5, 5.41) is 9.51. The molecule has 2 rings (SSSR count). The minimum absolute atomic E-state index is 0.154. The molecule has 0 radical (unpaired) electrons. The van der Waals surface area contributed by atoms with E-state index in [9.17, 15) is 23.1 Å². The van der Waals surface area contributed by atoms with Crippen LogP contribution in [0.5, 0.6) is 0 Å². The standard InChI is InChI=1S/C16H18BrF3O2/c1-15(14(21)22)7-3-2-4-11(15)8-10-9-12(16(18,19)20)5-6-13(10)17/h5-6,9,11H,2-4,7-8H2,1H3,(H,21,22). The molecule has 22 heavy (non-hydrogen) atoms. The van der Waals surface area contributed by atoms with Gasteiger partial charge < -0.3 is 5.11 Å². The lowest BCUT2D eigenvalue weighted by atomic mass is 9.65. The van der Waals surface area contributed by atoms with Crippen LogP contribution in [0.3, 0.4) is 0 Å². The Labute approximate surface area is 135 Å². The predicted molar refractivity (Wildman–Crippen MR) is 80.5 cm³/mol. The van der Waals surface area contributed by atoms with Gasteiger partial charge in [-0.2, -0.15) is 13.2 Å². The van der Waals surface area contributed by atoms with Gasteiger partial charge in [0.25, 0.3) is 0 Å². The lowest BCUT2D eigenvalue weighted by molar-refractivity contribution is -0.153. The Kier molecular flexibility index (Phi) is 4.90. The zero-order chi connectivity index (χ0) is 16.5. The molecule has 0 aromatic heterocycles. The first kappa shape index (κ1) is 17.3. The highest BCUT2D eigenvalue weighted by atomic mass is 79.9. The van der Waals surface area contributed by atoms with Gasteiger partial charge >= 0.3 is 12.1 Å². The summed E-state index contributed by atoms with van der Waals surface area (Å²) in [7, 11) is 0. The second kappa shape index (κ2) is 6.22. The average molecular weight is 379 g/mol. The zero-order valence-electron chi connectivity index (χ0n) is 12.2. The van der Waals surface area contributed by atoms with Crippen molar-refractivity contribution in [3.05, 3.63) is 33.8 Å². The van der Waals surface area contributed by atoms with E-state index in [1.54, 1.807) is 6.92 Å². The molecule has 0 saturated heterocycles. The number of carbonyl (C=O) groups is 1. The van der Waals surface area contributed by atoms with Gasteiger partial charge in [-0.3, -0.25) is 4.79 Å². The number of aliphatic carboxylic acids is 1. The second-order valence-electron chi connectivity index (χ2n) is 6.17. The van der Waals surface area contributed by atoms with Crippen molar-refractivity contribution in [2.75, 3.05) is 0 Å². The summed E-state index contributed by atoms with van der Waals surface area (Å²) in [6, 6.07) is 3.55. The van der Waals surface area contributed by atoms with Gasteiger partial charge in [-0.15, -0.1) is 0 Å². The van der Waals surface area contributed by atoms with Gasteiger partial charge in [0.15, 0.2) is 0 Å². The van der Waals surface area contributed by atoms with Gasteiger partial charge in [-0.05, 0) is 55.9 Å². The van der Waals surface area contributed by atoms with Gasteiger partial charge in [-0.1, -0.05) is 28.8 Å². The Morgan fingerprint density at radius 1 is 1.41 bits per heavy atom. The Morgan fingerprint density at radius 3 is 2.68 bits per heavy atom. The summed E-state index contributed by atoms with van der Waals surface area (Å²) in [6.07, 6.45) is -0.979. The molecule has 1 fully saturated rings. The van der Waals surface area contributed by atoms with E-state index < -0.39 is 23.1 Å². The minimum atomic E-state index is -4.39. The highest BCUT2D eigenvalue weighted by Crippen LogP contribution is 2.44. The smallest absolute Gasteiger partial charge is 0.416 e. The lowest BCUT2D eigenvalue weighted by Crippen LogP contribution is -2.39. The van der Waals surface area contributed by atoms with Crippen LogP contribution in [0.1, 0.15) is 43.7 Å². The molecule has 2 nitrogen and oxygen atoms in total. The molecule has 1 aromatic carbocycles. The van der Waals surface area contributed by atoms with Crippen LogP contribution >= 0.6 is 15.9 Å². The third-order valence-electron chi connectivity index (χ3n) is 4.73. The van der Waals surface area contributed by atoms with Crippen molar-refractivity contribution in [2.24, 2.45) is 11.3 Å². The maximum absolute atomic E-state index is 12.8. The normalized spacial score (nSPS) is 26.0. The molecule has 2 unspecified atom stereocenters. The SMILES string of the molecule is CC1(C(=O)O)CCCCC1Cc1cc(C(F)(F)F)ccc1Br. The number of alkyl halides is 3. The number of hydrogen-bond acceptors (Lipinski definition) is 1. The molecule has 1 saturated carbocycles. The Balaban J connectivity index is 2.31. The van der Waals surface area contributed by atoms with E-state index in [1.165, 1.54) is 6.07 Å². The van der Waals surface area contributed by atoms with E-state index in [1.807, 2.05) is 0 Å². The molecule has 1 N–H and O–H groups in total. The maximum Gasteiger partial charge on any atom is 0.416 e. The van der Waals surface area contributed by atoms with Crippen LogP contribution in [0.4, 0.5) is 13.2 Å². The summed E-state index contributed by atoms with van der Waals surface area (Å²) >= 11 is 3.28. The van der Waals surface area contributed by atoms with Gasteiger partial charge in [0, 0.05) is 4.47 Å². The molecular weight excluding hydrogens is 361 g/mol. The van der Waals surface area contributed by atoms with E-state index in [2.05, 4.69) is 15.9 Å². The van der Waals surface area contributed by atoms with Crippen LogP contribution in [-0.2, 0) is 17.4 Å². The fourth-order valence-electron chi connectivity index (χ4n) is 3.19. The zero-order valence-corrected chi connectivity index (χ0v) is 13.8. The Bertz CT molecular complexity index is 571. The summed E-state index contributed by atoms with van der Waals surface area (Å²) in [4.78, 5) is 11.6. The number of carboxylic acid groups (broad SMARTS) is 1. The third-order valence-corrected chi connectivity index (χ3v) is 5.50. The maximum atomic E-state index is 12.8. The molecule has 0 spiro atoms. The monoisotopic (exact) mass is 378 g/mol. The molecule has 1 aliphatic carbocycles. The van der Waals surface area contributed by atoms with Crippen molar-refractivity contribution in [2.45, 2.75) is 45.2 Å². The fraction of sp³-hybridized carbons (Fsp3) is 0.562. The number of benzene rings is 1. The van der Waals surface area contributed by atoms with E-state index in [0.29, 0.717) is 22.9 Å². The molecule has 0 heterocycles. The quantitative estimate of drug-likeness (QED) is 0.775. The summed E-state index contributed by atoms with van der Waals surface area (Å²) in [6.45, 7) is 1.71. The highest BCUT2D eigenvalue weighted by molar-refractivity contribution is 9.10. The van der Waals surface area contributed by atoms with Crippen LogP contribution in [0.15, 0.2) is 22.7 Å². The minimum Gasteiger partial charge on any atom is -0.481 e. The molecule has 1 aliphatic rings. The molecule has 122 valence electrons. The lowest BCUT2D eigenvalue weighted by Gasteiger charge is -2.38. The number of carboxylic acids is 1. The van der Waals surface area contributed by atoms with Gasteiger partial charge in [0.1, 0.15) is 0 Å². The van der Waals surface area contributed by atoms with Crippen molar-refractivity contribution in [3.63, 3.8) is 0 Å². The van der Waals surface area contributed by atoms with E-state index >= 15 is 0 Å². The van der Waals surface area contributed by atoms with E-state index in [-0.39, 0.29) is 5.92 Å². The van der Waals surface area contributed by atoms with Crippen molar-refractivity contribution < 1.29 is 23.1 Å². The number of rotatable bonds is 3. The third kappa shape index (κ3) is 3.47. The molecule has 2 atom stereocenters. The molecule has 0 bridgehead atoms. The van der Waals surface area contributed by atoms with E-state index in [0.717, 1.165) is 31.4 Å². The number of halogens is 4. The first-order valence-corrected chi connectivity index (χ1v) is 8.03. The van der Waals surface area contributed by atoms with Gasteiger partial charge in [0.2, 0.25) is 0 Å². The van der Waals surface area contributed by atoms with Crippen molar-refractivity contribution >= 4 is 21.9 Å². The van der Waals surface area contributed by atoms with Gasteiger partial charge in [-0.25, -0.2) is 0 Å². The molecule has 0 amide bonds. The topological polar surface area (TPSA) is 37.3 Å². The van der Waals surface area contributed by atoms with Crippen LogP contribution in [0.2, 0.25) is 0 Å². The van der Waals surface area contributed by atoms with Crippen molar-refractivity contribution in [1.29, 1.82) is 0 Å². The highest BCUT2D eigenvalue weighted by Gasteiger charge is 2.43. The number of hydrogen-bond donors (Lipinski definition) is 1. The summed E-state index contributed by atoms with van der Waals surface area (Å²) < 4.78 is 39.1. The van der Waals surface area contributed by atoms with Crippen LogP contribution < -0.4 is 0 Å². The average Bonchev–Trinajstić information content (AvgIpc) is 2.42. The van der Waals surface area contributed by atoms with Crippen LogP contribution in [0, 0.1) is 11.3 Å². The molecule has 1 aromatic rings.